The van der Waals surface area contributed by atoms with Crippen molar-refractivity contribution in [2.45, 2.75) is 70.2 Å². The molecule has 0 spiro atoms. The quantitative estimate of drug-likeness (QED) is 0.435. The smallest absolute Gasteiger partial charge is 0.418 e. The molecule has 31 heavy (non-hydrogen) atoms. The van der Waals surface area contributed by atoms with Gasteiger partial charge in [0, 0.05) is 13.1 Å². The second-order valence-electron chi connectivity index (χ2n) is 8.78. The number of nitrogens with zero attached hydrogens (tertiary/aromatic N) is 3. The van der Waals surface area contributed by atoms with Gasteiger partial charge in [0.25, 0.3) is 5.91 Å². The molecule has 0 saturated carbocycles. The molecule has 14 heteroatoms. The number of urea groups is 1. The minimum Gasteiger partial charge on any atom is -0.444 e. The van der Waals surface area contributed by atoms with Crippen LogP contribution in [0.5, 0.6) is 0 Å². The number of rotatable bonds is 5. The molecule has 3 aliphatic rings. The number of carbonyl (C=O) groups excluding carboxylic acids is 3. The van der Waals surface area contributed by atoms with Crippen molar-refractivity contribution < 1.29 is 41.2 Å². The summed E-state index contributed by atoms with van der Waals surface area (Å²) < 4.78 is 40.4. The van der Waals surface area contributed by atoms with E-state index in [4.69, 9.17) is 14.1 Å². The van der Waals surface area contributed by atoms with Gasteiger partial charge >= 0.3 is 22.5 Å². The molecular formula is C17H28N4O9S. The molecule has 3 aliphatic heterocycles. The normalized spacial score (nSPS) is 26.8. The van der Waals surface area contributed by atoms with Crippen molar-refractivity contribution in [1.82, 2.24) is 20.3 Å². The van der Waals surface area contributed by atoms with Crippen molar-refractivity contribution in [3.63, 3.8) is 0 Å². The highest BCUT2D eigenvalue weighted by molar-refractivity contribution is 7.80. The van der Waals surface area contributed by atoms with Crippen LogP contribution >= 0.6 is 0 Å². The maximum Gasteiger partial charge on any atom is 0.418 e. The van der Waals surface area contributed by atoms with Crippen LogP contribution in [0.4, 0.5) is 9.59 Å². The van der Waals surface area contributed by atoms with E-state index in [1.54, 1.807) is 20.8 Å². The highest BCUT2D eigenvalue weighted by Gasteiger charge is 2.49. The molecule has 2 N–H and O–H groups in total. The molecule has 3 heterocycles. The number of hydroxylamine groups is 3. The monoisotopic (exact) mass is 464 g/mol. The van der Waals surface area contributed by atoms with E-state index in [0.29, 0.717) is 30.9 Å². The predicted octanol–water partition coefficient (Wildman–Crippen LogP) is 0.437. The van der Waals surface area contributed by atoms with Gasteiger partial charge in [0.1, 0.15) is 17.7 Å². The third kappa shape index (κ3) is 5.96. The van der Waals surface area contributed by atoms with Crippen LogP contribution in [0, 0.1) is 0 Å². The number of nitrogens with one attached hydrogen (secondary N) is 1. The van der Waals surface area contributed by atoms with E-state index in [2.05, 4.69) is 9.76 Å². The summed E-state index contributed by atoms with van der Waals surface area (Å²) in [5, 5.41) is 0.573. The first-order valence-electron chi connectivity index (χ1n) is 10.0. The summed E-state index contributed by atoms with van der Waals surface area (Å²) in [6.45, 7) is 6.19. The van der Waals surface area contributed by atoms with Crippen LogP contribution in [0.1, 0.15) is 46.5 Å². The Hall–Kier alpha value is -2.16. The first-order valence-corrected chi connectivity index (χ1v) is 11.4. The summed E-state index contributed by atoms with van der Waals surface area (Å²) in [7, 11) is -4.85. The lowest BCUT2D eigenvalue weighted by atomic mass is 10.0. The maximum absolute atomic E-state index is 12.6. The first kappa shape index (κ1) is 23.5. The summed E-state index contributed by atoms with van der Waals surface area (Å²) in [5.41, 5.74) is 1.74. The lowest BCUT2D eigenvalue weighted by Crippen LogP contribution is -2.52. The van der Waals surface area contributed by atoms with E-state index >= 15 is 0 Å². The van der Waals surface area contributed by atoms with Crippen LogP contribution < -0.4 is 5.48 Å². The SMILES string of the molecule is CC(C)(C)OC(=O)N1CCC[C@@H](ONC(=O)[C@@H]2CCC3CN2C(=O)N3OS(=O)(=O)O)C1. The van der Waals surface area contributed by atoms with Crippen LogP contribution in [0.25, 0.3) is 0 Å². The molecule has 4 amide bonds. The molecule has 0 aromatic carbocycles. The van der Waals surface area contributed by atoms with Crippen molar-refractivity contribution in [1.29, 1.82) is 0 Å². The summed E-state index contributed by atoms with van der Waals surface area (Å²) in [6.07, 6.45) is 1.00. The van der Waals surface area contributed by atoms with E-state index in [0.717, 1.165) is 0 Å². The van der Waals surface area contributed by atoms with Crippen LogP contribution in [0.3, 0.4) is 0 Å². The molecular weight excluding hydrogens is 436 g/mol. The Morgan fingerprint density at radius 3 is 2.52 bits per heavy atom. The number of piperidine rings is 2. The van der Waals surface area contributed by atoms with Crippen molar-refractivity contribution in [2.24, 2.45) is 0 Å². The Morgan fingerprint density at radius 1 is 1.16 bits per heavy atom. The molecule has 3 rings (SSSR count). The van der Waals surface area contributed by atoms with Crippen molar-refractivity contribution >= 4 is 28.4 Å². The summed E-state index contributed by atoms with van der Waals surface area (Å²) in [6, 6.07) is -2.28. The van der Waals surface area contributed by atoms with E-state index in [1.165, 1.54) is 9.80 Å². The number of hydrogen-bond donors (Lipinski definition) is 2. The van der Waals surface area contributed by atoms with Crippen molar-refractivity contribution in [3.8, 4) is 0 Å². The fraction of sp³-hybridized carbons (Fsp3) is 0.824. The number of ether oxygens (including phenoxy) is 1. The summed E-state index contributed by atoms with van der Waals surface area (Å²) >= 11 is 0. The van der Waals surface area contributed by atoms with Crippen LogP contribution in [-0.4, -0.2) is 89.3 Å². The largest absolute Gasteiger partial charge is 0.444 e. The molecule has 176 valence electrons. The molecule has 3 fully saturated rings. The zero-order valence-electron chi connectivity index (χ0n) is 17.6. The topological polar surface area (TPSA) is 155 Å². The Bertz CT molecular complexity index is 828. The van der Waals surface area contributed by atoms with Crippen LogP contribution in [0.2, 0.25) is 0 Å². The molecule has 0 aliphatic carbocycles. The number of carbonyl (C=O) groups is 3. The van der Waals surface area contributed by atoms with Gasteiger partial charge in [-0.3, -0.25) is 14.2 Å². The Labute approximate surface area is 180 Å². The number of hydrogen-bond acceptors (Lipinski definition) is 8. The lowest BCUT2D eigenvalue weighted by Gasteiger charge is -2.34. The van der Waals surface area contributed by atoms with Gasteiger partial charge in [0.2, 0.25) is 0 Å². The molecule has 0 aromatic rings. The summed E-state index contributed by atoms with van der Waals surface area (Å²) in [4.78, 5) is 45.4. The van der Waals surface area contributed by atoms with Gasteiger partial charge in [-0.2, -0.15) is 13.5 Å². The Kier molecular flexibility index (Phi) is 6.64. The average Bonchev–Trinajstić information content (AvgIpc) is 2.88. The molecule has 0 radical (unpaired) electrons. The third-order valence-electron chi connectivity index (χ3n) is 5.16. The number of fused-ring (bicyclic) bond motifs is 2. The molecule has 3 atom stereocenters. The molecule has 2 bridgehead atoms. The van der Waals surface area contributed by atoms with Crippen molar-refractivity contribution in [3.05, 3.63) is 0 Å². The third-order valence-corrected chi connectivity index (χ3v) is 5.51. The highest BCUT2D eigenvalue weighted by Crippen LogP contribution is 2.30. The average molecular weight is 464 g/mol. The predicted molar refractivity (Wildman–Crippen MR) is 103 cm³/mol. The maximum atomic E-state index is 12.6. The van der Waals surface area contributed by atoms with Gasteiger partial charge < -0.3 is 14.5 Å². The minimum atomic E-state index is -4.85. The fourth-order valence-corrected chi connectivity index (χ4v) is 4.23. The Morgan fingerprint density at radius 2 is 1.87 bits per heavy atom. The lowest BCUT2D eigenvalue weighted by molar-refractivity contribution is -0.146. The van der Waals surface area contributed by atoms with E-state index in [9.17, 15) is 22.8 Å². The molecule has 0 aromatic heterocycles. The van der Waals surface area contributed by atoms with Gasteiger partial charge in [-0.15, -0.1) is 4.28 Å². The zero-order valence-corrected chi connectivity index (χ0v) is 18.5. The van der Waals surface area contributed by atoms with Gasteiger partial charge in [-0.1, -0.05) is 0 Å². The highest BCUT2D eigenvalue weighted by atomic mass is 32.3. The zero-order chi connectivity index (χ0) is 23.0. The van der Waals surface area contributed by atoms with Gasteiger partial charge in [0.05, 0.1) is 12.6 Å². The summed E-state index contributed by atoms with van der Waals surface area (Å²) in [5.74, 6) is -0.560. The Balaban J connectivity index is 1.52. The second-order valence-corrected chi connectivity index (χ2v) is 9.79. The number of likely N-dealkylation sites (tertiary alicyclic amines) is 1. The minimum absolute atomic E-state index is 0.0856. The van der Waals surface area contributed by atoms with Gasteiger partial charge in [0.15, 0.2) is 0 Å². The molecule has 1 unspecified atom stereocenters. The standard InChI is InChI=1S/C17H28N4O9S/c1-17(2,3)28-16(24)19-8-4-5-12(10-19)29-18-14(22)13-7-6-11-9-20(13)15(23)21(11)30-31(25,26)27/h11-13H,4-10H2,1-3H3,(H,18,22)(H,25,26,27)/t11?,12-,13+/m1/s1. The van der Waals surface area contributed by atoms with Crippen LogP contribution in [0.15, 0.2) is 0 Å². The van der Waals surface area contributed by atoms with Gasteiger partial charge in [-0.25, -0.2) is 15.1 Å². The fourth-order valence-electron chi connectivity index (χ4n) is 3.84. The van der Waals surface area contributed by atoms with E-state index < -0.39 is 52.2 Å². The first-order chi connectivity index (χ1) is 14.3. The molecule has 13 nitrogen and oxygen atoms in total. The van der Waals surface area contributed by atoms with E-state index in [1.807, 2.05) is 0 Å². The number of amides is 4. The second kappa shape index (κ2) is 8.76. The van der Waals surface area contributed by atoms with Crippen LogP contribution in [-0.2, 0) is 29.1 Å². The molecule has 3 saturated heterocycles. The van der Waals surface area contributed by atoms with Crippen molar-refractivity contribution in [2.75, 3.05) is 19.6 Å². The van der Waals surface area contributed by atoms with E-state index in [-0.39, 0.29) is 19.5 Å². The van der Waals surface area contributed by atoms with Gasteiger partial charge in [-0.05, 0) is 46.5 Å².